The van der Waals surface area contributed by atoms with E-state index >= 15 is 0 Å². The van der Waals surface area contributed by atoms with Crippen LogP contribution < -0.4 is 5.32 Å². The lowest BCUT2D eigenvalue weighted by Gasteiger charge is -2.40. The number of hydrogen-bond donors (Lipinski definition) is 7. The van der Waals surface area contributed by atoms with E-state index in [1.807, 2.05) is 0 Å². The van der Waals surface area contributed by atoms with Gasteiger partial charge in [0.25, 0.3) is 0 Å². The summed E-state index contributed by atoms with van der Waals surface area (Å²) < 4.78 is 11.1. The Hall–Kier alpha value is -0.850. The highest BCUT2D eigenvalue weighted by Gasteiger charge is 2.44. The summed E-state index contributed by atoms with van der Waals surface area (Å²) in [6, 6.07) is -0.983. The van der Waals surface area contributed by atoms with Gasteiger partial charge in [-0.2, -0.15) is 0 Å². The maximum Gasteiger partial charge on any atom is 0.220 e. The minimum atomic E-state index is -1.60. The lowest BCUT2D eigenvalue weighted by atomic mass is 9.98. The number of hydrogen-bond acceptors (Lipinski definition) is 9. The van der Waals surface area contributed by atoms with E-state index in [0.29, 0.717) is 6.42 Å². The third kappa shape index (κ3) is 25.1. The maximum absolute atomic E-state index is 13.0. The number of rotatable bonds is 37. The van der Waals surface area contributed by atoms with E-state index in [0.717, 1.165) is 44.9 Å². The smallest absolute Gasteiger partial charge is 0.220 e. The van der Waals surface area contributed by atoms with Crippen LogP contribution in [0, 0.1) is 0 Å². The zero-order valence-corrected chi connectivity index (χ0v) is 34.2. The van der Waals surface area contributed by atoms with Crippen LogP contribution in [0.3, 0.4) is 0 Å². The molecule has 53 heavy (non-hydrogen) atoms. The van der Waals surface area contributed by atoms with E-state index < -0.39 is 55.6 Å². The van der Waals surface area contributed by atoms with Gasteiger partial charge in [-0.05, 0) is 12.8 Å². The Morgan fingerprint density at radius 2 is 0.981 bits per heavy atom. The van der Waals surface area contributed by atoms with Crippen LogP contribution in [0.25, 0.3) is 0 Å². The minimum Gasteiger partial charge on any atom is -0.394 e. The molecule has 1 rings (SSSR count). The first kappa shape index (κ1) is 50.2. The van der Waals surface area contributed by atoms with Crippen molar-refractivity contribution in [3.05, 3.63) is 0 Å². The highest BCUT2D eigenvalue weighted by molar-refractivity contribution is 5.76. The molecule has 1 aliphatic rings. The van der Waals surface area contributed by atoms with E-state index in [2.05, 4.69) is 19.2 Å². The summed E-state index contributed by atoms with van der Waals surface area (Å²) in [7, 11) is 0. The molecule has 0 aliphatic carbocycles. The lowest BCUT2D eigenvalue weighted by Crippen LogP contribution is -2.60. The van der Waals surface area contributed by atoms with E-state index in [9.17, 15) is 35.4 Å². The van der Waals surface area contributed by atoms with Crippen LogP contribution in [0.5, 0.6) is 0 Å². The summed E-state index contributed by atoms with van der Waals surface area (Å²) >= 11 is 0. The highest BCUT2D eigenvalue weighted by Crippen LogP contribution is 2.23. The Labute approximate surface area is 324 Å². The predicted molar refractivity (Wildman–Crippen MR) is 214 cm³/mol. The molecular weight excluding hydrogens is 674 g/mol. The molecule has 0 bridgehead atoms. The summed E-state index contributed by atoms with van der Waals surface area (Å²) in [6.45, 7) is 3.60. The van der Waals surface area contributed by atoms with Crippen molar-refractivity contribution in [2.75, 3.05) is 13.2 Å². The molecule has 10 heteroatoms. The molecule has 0 saturated carbocycles. The number of unbranched alkanes of at least 4 members (excludes halogenated alkanes) is 26. The number of amides is 1. The fourth-order valence-electron chi connectivity index (χ4n) is 7.38. The third-order valence-electron chi connectivity index (χ3n) is 11.1. The van der Waals surface area contributed by atoms with Gasteiger partial charge in [-0.3, -0.25) is 4.79 Å². The van der Waals surface area contributed by atoms with Crippen LogP contribution in [0.2, 0.25) is 0 Å². The molecule has 316 valence electrons. The van der Waals surface area contributed by atoms with Crippen molar-refractivity contribution in [1.29, 1.82) is 0 Å². The van der Waals surface area contributed by atoms with Crippen LogP contribution in [0.1, 0.15) is 206 Å². The summed E-state index contributed by atoms with van der Waals surface area (Å²) in [5.74, 6) is -0.255. The molecule has 1 fully saturated rings. The normalized spacial score (nSPS) is 22.2. The molecule has 0 aromatic rings. The van der Waals surface area contributed by atoms with Gasteiger partial charge < -0.3 is 45.4 Å². The van der Waals surface area contributed by atoms with Gasteiger partial charge in [0.05, 0.1) is 25.4 Å². The minimum absolute atomic E-state index is 0.255. The highest BCUT2D eigenvalue weighted by atomic mass is 16.7. The topological polar surface area (TPSA) is 169 Å². The van der Waals surface area contributed by atoms with Gasteiger partial charge in [-0.1, -0.05) is 187 Å². The second kappa shape index (κ2) is 34.4. The van der Waals surface area contributed by atoms with Crippen molar-refractivity contribution < 1.29 is 44.9 Å². The molecular formula is C43H85NO9. The van der Waals surface area contributed by atoms with Gasteiger partial charge >= 0.3 is 0 Å². The van der Waals surface area contributed by atoms with Crippen LogP contribution in [0.15, 0.2) is 0 Å². The van der Waals surface area contributed by atoms with Gasteiger partial charge in [-0.15, -0.1) is 0 Å². The average Bonchev–Trinajstić information content (AvgIpc) is 3.16. The zero-order valence-electron chi connectivity index (χ0n) is 34.2. The van der Waals surface area contributed by atoms with Crippen LogP contribution in [-0.4, -0.2) is 98.7 Å². The Balaban J connectivity index is 2.39. The van der Waals surface area contributed by atoms with E-state index in [1.54, 1.807) is 0 Å². The Morgan fingerprint density at radius 3 is 1.40 bits per heavy atom. The number of carbonyl (C=O) groups is 1. The Bertz CT molecular complexity index is 819. The number of aliphatic hydroxyl groups is 6. The molecule has 1 heterocycles. The monoisotopic (exact) mass is 760 g/mol. The first-order valence-corrected chi connectivity index (χ1v) is 22.3. The van der Waals surface area contributed by atoms with Crippen molar-refractivity contribution in [1.82, 2.24) is 5.32 Å². The Morgan fingerprint density at radius 1 is 0.585 bits per heavy atom. The van der Waals surface area contributed by atoms with Gasteiger partial charge in [0.2, 0.25) is 5.91 Å². The van der Waals surface area contributed by atoms with Gasteiger partial charge in [-0.25, -0.2) is 0 Å². The van der Waals surface area contributed by atoms with Gasteiger partial charge in [0, 0.05) is 6.42 Å². The molecule has 1 amide bonds. The second-order valence-corrected chi connectivity index (χ2v) is 16.0. The zero-order chi connectivity index (χ0) is 38.9. The number of ether oxygens (including phenoxy) is 2. The standard InChI is InChI=1S/C43H85NO9/c1-3-5-7-9-11-13-15-16-17-18-19-20-22-24-26-28-30-32-38(47)44-35(34-52-43-42(51)41(50)40(49)37(33-45)53-43)39(48)36(46)31-29-27-25-23-21-14-12-10-8-6-4-2/h35-37,39-43,45-46,48-51H,3-34H2,1-2H3,(H,44,47)/t35-,36+,37+,39-,40+,41-,42+,43-/m0/s1. The van der Waals surface area contributed by atoms with Gasteiger partial charge in [0.15, 0.2) is 6.29 Å². The lowest BCUT2D eigenvalue weighted by molar-refractivity contribution is -0.303. The first-order chi connectivity index (χ1) is 25.8. The Kier molecular flexibility index (Phi) is 32.6. The molecule has 0 aromatic heterocycles. The van der Waals surface area contributed by atoms with Crippen LogP contribution in [0.4, 0.5) is 0 Å². The quantitative estimate of drug-likeness (QED) is 0.0313. The summed E-state index contributed by atoms with van der Waals surface area (Å²) in [4.78, 5) is 13.0. The largest absolute Gasteiger partial charge is 0.394 e. The number of aliphatic hydroxyl groups excluding tert-OH is 6. The van der Waals surface area contributed by atoms with Crippen molar-refractivity contribution in [2.24, 2.45) is 0 Å². The molecule has 8 atom stereocenters. The summed E-state index contributed by atoms with van der Waals surface area (Å²) in [6.07, 6.45) is 25.4. The molecule has 10 nitrogen and oxygen atoms in total. The van der Waals surface area contributed by atoms with Crippen LogP contribution >= 0.6 is 0 Å². The maximum atomic E-state index is 13.0. The number of nitrogens with one attached hydrogen (secondary N) is 1. The molecule has 0 unspecified atom stereocenters. The fourth-order valence-corrected chi connectivity index (χ4v) is 7.38. The third-order valence-corrected chi connectivity index (χ3v) is 11.1. The second-order valence-electron chi connectivity index (χ2n) is 16.0. The first-order valence-electron chi connectivity index (χ1n) is 22.3. The van der Waals surface area contributed by atoms with Crippen molar-refractivity contribution >= 4 is 5.91 Å². The van der Waals surface area contributed by atoms with Gasteiger partial charge in [0.1, 0.15) is 30.5 Å². The molecule has 1 saturated heterocycles. The SMILES string of the molecule is CCCCCCCCCCCCCCCCCCCC(=O)N[C@@H](CO[C@H]1O[C@H](CO)[C@@H](O)[C@H](O)[C@H]1O)[C@H](O)[C@H](O)CCCCCCCCCCCCC. The summed E-state index contributed by atoms with van der Waals surface area (Å²) in [5, 5.41) is 65.0. The van der Waals surface area contributed by atoms with Crippen LogP contribution in [-0.2, 0) is 14.3 Å². The van der Waals surface area contributed by atoms with Crippen molar-refractivity contribution in [3.8, 4) is 0 Å². The number of carbonyl (C=O) groups excluding carboxylic acids is 1. The van der Waals surface area contributed by atoms with Crippen molar-refractivity contribution in [3.63, 3.8) is 0 Å². The van der Waals surface area contributed by atoms with E-state index in [4.69, 9.17) is 9.47 Å². The molecule has 0 radical (unpaired) electrons. The summed E-state index contributed by atoms with van der Waals surface area (Å²) in [5.41, 5.74) is 0. The average molecular weight is 760 g/mol. The molecule has 7 N–H and O–H groups in total. The fraction of sp³-hybridized carbons (Fsp3) is 0.977. The predicted octanol–water partition coefficient (Wildman–Crippen LogP) is 7.75. The molecule has 1 aliphatic heterocycles. The molecule has 0 aromatic carbocycles. The van der Waals surface area contributed by atoms with Crippen molar-refractivity contribution in [2.45, 2.75) is 255 Å². The molecule has 0 spiro atoms. The van der Waals surface area contributed by atoms with E-state index in [1.165, 1.54) is 135 Å². The van der Waals surface area contributed by atoms with E-state index in [-0.39, 0.29) is 18.9 Å².